The van der Waals surface area contributed by atoms with Gasteiger partial charge in [-0.3, -0.25) is 4.98 Å². The molecule has 0 fully saturated rings. The number of anilines is 3. The molecule has 0 amide bonds. The number of pyridine rings is 1. The number of fused-ring (bicyclic) bond motifs is 1. The molecular weight excluding hydrogens is 375 g/mol. The Morgan fingerprint density at radius 3 is 2.28 bits per heavy atom. The molecule has 7 heteroatoms. The van der Waals surface area contributed by atoms with Crippen molar-refractivity contribution in [2.75, 3.05) is 29.6 Å². The zero-order valence-corrected chi connectivity index (χ0v) is 16.3. The summed E-state index contributed by atoms with van der Waals surface area (Å²) in [5.74, 6) is 0. The van der Waals surface area contributed by atoms with Gasteiger partial charge in [-0.2, -0.15) is 0 Å². The maximum absolute atomic E-state index is 5.41. The van der Waals surface area contributed by atoms with Crippen molar-refractivity contribution >= 4 is 70.1 Å². The van der Waals surface area contributed by atoms with Gasteiger partial charge in [-0.05, 0) is 48.6 Å². The van der Waals surface area contributed by atoms with Crippen molar-refractivity contribution in [3.63, 3.8) is 0 Å². The fourth-order valence-electron chi connectivity index (χ4n) is 2.33. The molecule has 0 unspecified atom stereocenters. The summed E-state index contributed by atoms with van der Waals surface area (Å²) in [6, 6.07) is 18.0. The first-order valence-corrected chi connectivity index (χ1v) is 7.73. The van der Waals surface area contributed by atoms with Crippen molar-refractivity contribution in [3.8, 4) is 0 Å². The largest absolute Gasteiger partial charge is 0.378 e. The van der Waals surface area contributed by atoms with Crippen LogP contribution in [0.15, 0.2) is 60.8 Å². The van der Waals surface area contributed by atoms with Crippen molar-refractivity contribution in [1.82, 2.24) is 4.98 Å². The average molecular weight is 395 g/mol. The highest BCUT2D eigenvalue weighted by molar-refractivity contribution is 7.80. The number of nitrogens with one attached hydrogen (secondary N) is 2. The van der Waals surface area contributed by atoms with Crippen molar-refractivity contribution in [2.45, 2.75) is 0 Å². The minimum absolute atomic E-state index is 0. The predicted octanol–water partition coefficient (Wildman–Crippen LogP) is 4.95. The Labute approximate surface area is 165 Å². The second-order valence-corrected chi connectivity index (χ2v) is 5.80. The average Bonchev–Trinajstić information content (AvgIpc) is 2.55. The SMILES string of the molecule is CN(C)c1ccc(NC(=S)Nc2ccnc3ccccc23)cc1.Cl.Cl. The highest BCUT2D eigenvalue weighted by atomic mass is 35.5. The van der Waals surface area contributed by atoms with Gasteiger partial charge in [0.05, 0.1) is 11.2 Å². The first-order valence-electron chi connectivity index (χ1n) is 7.32. The van der Waals surface area contributed by atoms with Gasteiger partial charge in [-0.1, -0.05) is 18.2 Å². The maximum Gasteiger partial charge on any atom is 0.175 e. The van der Waals surface area contributed by atoms with E-state index in [9.17, 15) is 0 Å². The molecule has 0 spiro atoms. The molecule has 3 rings (SSSR count). The van der Waals surface area contributed by atoms with E-state index in [-0.39, 0.29) is 24.8 Å². The van der Waals surface area contributed by atoms with Gasteiger partial charge in [0.15, 0.2) is 5.11 Å². The molecule has 132 valence electrons. The quantitative estimate of drug-likeness (QED) is 0.614. The van der Waals surface area contributed by atoms with Crippen molar-refractivity contribution < 1.29 is 0 Å². The van der Waals surface area contributed by atoms with E-state index in [4.69, 9.17) is 12.2 Å². The minimum Gasteiger partial charge on any atom is -0.378 e. The summed E-state index contributed by atoms with van der Waals surface area (Å²) in [4.78, 5) is 6.41. The molecule has 0 saturated heterocycles. The third-order valence-electron chi connectivity index (χ3n) is 3.54. The minimum atomic E-state index is 0. The topological polar surface area (TPSA) is 40.2 Å². The number of aromatic nitrogens is 1. The van der Waals surface area contributed by atoms with Crippen LogP contribution in [0.1, 0.15) is 0 Å². The Bertz CT molecular complexity index is 833. The molecule has 0 aliphatic carbocycles. The van der Waals surface area contributed by atoms with Gasteiger partial charge in [0.2, 0.25) is 0 Å². The molecule has 25 heavy (non-hydrogen) atoms. The first-order chi connectivity index (χ1) is 11.1. The highest BCUT2D eigenvalue weighted by Crippen LogP contribution is 2.21. The lowest BCUT2D eigenvalue weighted by Crippen LogP contribution is -2.19. The van der Waals surface area contributed by atoms with Crippen LogP contribution in [0.2, 0.25) is 0 Å². The summed E-state index contributed by atoms with van der Waals surface area (Å²) >= 11 is 5.41. The number of hydrogen-bond acceptors (Lipinski definition) is 3. The molecular formula is C18H20Cl2N4S. The van der Waals surface area contributed by atoms with Gasteiger partial charge >= 0.3 is 0 Å². The molecule has 2 N–H and O–H groups in total. The molecule has 0 bridgehead atoms. The van der Waals surface area contributed by atoms with Crippen LogP contribution in [-0.2, 0) is 0 Å². The van der Waals surface area contributed by atoms with E-state index in [0.29, 0.717) is 5.11 Å². The van der Waals surface area contributed by atoms with Crippen LogP contribution in [0.4, 0.5) is 17.1 Å². The maximum atomic E-state index is 5.41. The number of para-hydroxylation sites is 1. The molecule has 1 aromatic heterocycles. The van der Waals surface area contributed by atoms with Crippen LogP contribution in [0.5, 0.6) is 0 Å². The number of thiocarbonyl (C=S) groups is 1. The Morgan fingerprint density at radius 2 is 1.60 bits per heavy atom. The lowest BCUT2D eigenvalue weighted by molar-refractivity contribution is 1.13. The monoisotopic (exact) mass is 394 g/mol. The van der Waals surface area contributed by atoms with E-state index in [1.807, 2.05) is 68.7 Å². The van der Waals surface area contributed by atoms with Crippen molar-refractivity contribution in [3.05, 3.63) is 60.8 Å². The predicted molar refractivity (Wildman–Crippen MR) is 117 cm³/mol. The van der Waals surface area contributed by atoms with Crippen LogP contribution < -0.4 is 15.5 Å². The lowest BCUT2D eigenvalue weighted by Gasteiger charge is -2.15. The normalized spacial score (nSPS) is 9.52. The standard InChI is InChI=1S/C18H18N4S.2ClH/c1-22(2)14-9-7-13(8-10-14)20-18(23)21-17-11-12-19-16-6-4-3-5-15(16)17;;/h3-12H,1-2H3,(H2,19,20,21,23);2*1H. The summed E-state index contributed by atoms with van der Waals surface area (Å²) in [5.41, 5.74) is 3.98. The molecule has 2 aromatic carbocycles. The van der Waals surface area contributed by atoms with Gasteiger partial charge in [0.25, 0.3) is 0 Å². The van der Waals surface area contributed by atoms with Crippen molar-refractivity contribution in [2.24, 2.45) is 0 Å². The van der Waals surface area contributed by atoms with E-state index in [2.05, 4.69) is 20.5 Å². The third-order valence-corrected chi connectivity index (χ3v) is 3.74. The first kappa shape index (κ1) is 21.0. The van der Waals surface area contributed by atoms with Gasteiger partial charge in [0.1, 0.15) is 0 Å². The smallest absolute Gasteiger partial charge is 0.175 e. The van der Waals surface area contributed by atoms with Gasteiger partial charge in [-0.15, -0.1) is 24.8 Å². The van der Waals surface area contributed by atoms with E-state index < -0.39 is 0 Å². The molecule has 0 aliphatic heterocycles. The molecule has 4 nitrogen and oxygen atoms in total. The zero-order chi connectivity index (χ0) is 16.2. The second-order valence-electron chi connectivity index (χ2n) is 5.40. The van der Waals surface area contributed by atoms with Gasteiger partial charge < -0.3 is 15.5 Å². The summed E-state index contributed by atoms with van der Waals surface area (Å²) in [6.07, 6.45) is 1.78. The van der Waals surface area contributed by atoms with E-state index in [1.165, 1.54) is 0 Å². The molecule has 1 heterocycles. The molecule has 0 atom stereocenters. The van der Waals surface area contributed by atoms with Crippen LogP contribution in [0.25, 0.3) is 10.9 Å². The molecule has 0 radical (unpaired) electrons. The fourth-order valence-corrected chi connectivity index (χ4v) is 2.56. The highest BCUT2D eigenvalue weighted by Gasteiger charge is 2.04. The summed E-state index contributed by atoms with van der Waals surface area (Å²) in [7, 11) is 4.03. The van der Waals surface area contributed by atoms with Crippen molar-refractivity contribution in [1.29, 1.82) is 0 Å². The third kappa shape index (κ3) is 5.19. The molecule has 0 saturated carbocycles. The number of benzene rings is 2. The van der Waals surface area contributed by atoms with E-state index in [1.54, 1.807) is 6.20 Å². The Morgan fingerprint density at radius 1 is 0.920 bits per heavy atom. The molecule has 0 aliphatic rings. The van der Waals surface area contributed by atoms with Crippen LogP contribution in [0, 0.1) is 0 Å². The van der Waals surface area contributed by atoms with Crippen LogP contribution in [-0.4, -0.2) is 24.2 Å². The lowest BCUT2D eigenvalue weighted by atomic mass is 10.2. The second kappa shape index (κ2) is 9.42. The number of hydrogen-bond donors (Lipinski definition) is 2. The number of nitrogens with zero attached hydrogens (tertiary/aromatic N) is 2. The summed E-state index contributed by atoms with van der Waals surface area (Å²) < 4.78 is 0. The van der Waals surface area contributed by atoms with Gasteiger partial charge in [0, 0.05) is 37.1 Å². The Balaban J connectivity index is 0.00000156. The molecule has 3 aromatic rings. The summed E-state index contributed by atoms with van der Waals surface area (Å²) in [5, 5.41) is 8.04. The van der Waals surface area contributed by atoms with E-state index >= 15 is 0 Å². The zero-order valence-electron chi connectivity index (χ0n) is 13.9. The van der Waals surface area contributed by atoms with Crippen LogP contribution >= 0.6 is 37.0 Å². The van der Waals surface area contributed by atoms with Gasteiger partial charge in [-0.25, -0.2) is 0 Å². The van der Waals surface area contributed by atoms with Crippen LogP contribution in [0.3, 0.4) is 0 Å². The number of rotatable bonds is 3. The Hall–Kier alpha value is -2.08. The number of halogens is 2. The fraction of sp³-hybridized carbons (Fsp3) is 0.111. The Kier molecular flexibility index (Phi) is 7.90. The van der Waals surface area contributed by atoms with E-state index in [0.717, 1.165) is 28.0 Å². The summed E-state index contributed by atoms with van der Waals surface area (Å²) in [6.45, 7) is 0.